The molecule has 0 saturated carbocycles. The summed E-state index contributed by atoms with van der Waals surface area (Å²) in [5, 5.41) is 6.68. The maximum Gasteiger partial charge on any atom is 0.273 e. The standard InChI is InChI=1S/C19H22N4O4/c1-12(22-23-19(25)14-6-4-5-7-15(14)20)10-18(24)21-16-9-8-13(26-2)11-17(16)27-3/h4-9,11H,10,20H2,1-3H3,(H,21,24)(H,23,25)/b22-12+. The molecule has 0 aromatic heterocycles. The Morgan fingerprint density at radius 2 is 1.85 bits per heavy atom. The number of hydrazone groups is 1. The van der Waals surface area contributed by atoms with Crippen LogP contribution in [0.15, 0.2) is 47.6 Å². The number of rotatable bonds is 7. The zero-order valence-corrected chi connectivity index (χ0v) is 15.4. The number of nitrogen functional groups attached to an aromatic ring is 1. The van der Waals surface area contributed by atoms with E-state index in [2.05, 4.69) is 15.8 Å². The van der Waals surface area contributed by atoms with Gasteiger partial charge in [0.05, 0.1) is 31.9 Å². The van der Waals surface area contributed by atoms with Crippen molar-refractivity contribution in [2.24, 2.45) is 5.10 Å². The number of hydrogen-bond acceptors (Lipinski definition) is 6. The molecule has 0 aliphatic carbocycles. The van der Waals surface area contributed by atoms with E-state index in [4.69, 9.17) is 15.2 Å². The van der Waals surface area contributed by atoms with Gasteiger partial charge < -0.3 is 20.5 Å². The van der Waals surface area contributed by atoms with Gasteiger partial charge in [0.2, 0.25) is 5.91 Å². The Morgan fingerprint density at radius 1 is 1.11 bits per heavy atom. The zero-order chi connectivity index (χ0) is 19.8. The summed E-state index contributed by atoms with van der Waals surface area (Å²) in [4.78, 5) is 24.3. The van der Waals surface area contributed by atoms with Crippen molar-refractivity contribution in [3.05, 3.63) is 48.0 Å². The van der Waals surface area contributed by atoms with Gasteiger partial charge in [-0.05, 0) is 31.2 Å². The van der Waals surface area contributed by atoms with Gasteiger partial charge in [0.15, 0.2) is 0 Å². The van der Waals surface area contributed by atoms with Crippen LogP contribution >= 0.6 is 0 Å². The van der Waals surface area contributed by atoms with Crippen molar-refractivity contribution in [2.75, 3.05) is 25.3 Å². The van der Waals surface area contributed by atoms with Crippen LogP contribution in [0, 0.1) is 0 Å². The molecule has 2 rings (SSSR count). The fourth-order valence-corrected chi connectivity index (χ4v) is 2.28. The highest BCUT2D eigenvalue weighted by Gasteiger charge is 2.11. The lowest BCUT2D eigenvalue weighted by Crippen LogP contribution is -2.22. The van der Waals surface area contributed by atoms with Gasteiger partial charge >= 0.3 is 0 Å². The summed E-state index contributed by atoms with van der Waals surface area (Å²) in [6.45, 7) is 1.64. The number of para-hydroxylation sites is 1. The molecule has 0 bridgehead atoms. The fourth-order valence-electron chi connectivity index (χ4n) is 2.28. The highest BCUT2D eigenvalue weighted by Crippen LogP contribution is 2.29. The number of nitrogens with zero attached hydrogens (tertiary/aromatic N) is 1. The van der Waals surface area contributed by atoms with E-state index in [-0.39, 0.29) is 12.3 Å². The first-order valence-corrected chi connectivity index (χ1v) is 8.14. The van der Waals surface area contributed by atoms with Gasteiger partial charge in [-0.1, -0.05) is 12.1 Å². The number of hydrogen-bond donors (Lipinski definition) is 3. The smallest absolute Gasteiger partial charge is 0.273 e. The number of amides is 2. The number of methoxy groups -OCH3 is 2. The van der Waals surface area contributed by atoms with Crippen molar-refractivity contribution in [3.8, 4) is 11.5 Å². The molecule has 0 radical (unpaired) electrons. The number of carbonyl (C=O) groups is 2. The predicted molar refractivity (Wildman–Crippen MR) is 104 cm³/mol. The molecule has 8 heteroatoms. The number of nitrogens with one attached hydrogen (secondary N) is 2. The number of ether oxygens (including phenoxy) is 2. The van der Waals surface area contributed by atoms with Gasteiger partial charge in [0.25, 0.3) is 5.91 Å². The van der Waals surface area contributed by atoms with Crippen molar-refractivity contribution in [2.45, 2.75) is 13.3 Å². The quantitative estimate of drug-likeness (QED) is 0.393. The average molecular weight is 370 g/mol. The van der Waals surface area contributed by atoms with E-state index in [9.17, 15) is 9.59 Å². The minimum Gasteiger partial charge on any atom is -0.497 e. The zero-order valence-electron chi connectivity index (χ0n) is 15.4. The van der Waals surface area contributed by atoms with Gasteiger partial charge in [0, 0.05) is 17.5 Å². The fraction of sp³-hybridized carbons (Fsp3) is 0.211. The first kappa shape index (κ1) is 19.8. The van der Waals surface area contributed by atoms with Crippen LogP contribution in [0.1, 0.15) is 23.7 Å². The van der Waals surface area contributed by atoms with E-state index < -0.39 is 5.91 Å². The topological polar surface area (TPSA) is 115 Å². The summed E-state index contributed by atoms with van der Waals surface area (Å²) in [6.07, 6.45) is -0.000263. The lowest BCUT2D eigenvalue weighted by Gasteiger charge is -2.11. The number of nitrogens with two attached hydrogens (primary N) is 1. The summed E-state index contributed by atoms with van der Waals surface area (Å²) in [7, 11) is 3.05. The summed E-state index contributed by atoms with van der Waals surface area (Å²) in [6, 6.07) is 11.7. The number of anilines is 2. The lowest BCUT2D eigenvalue weighted by atomic mass is 10.2. The van der Waals surface area contributed by atoms with Gasteiger partial charge in [-0.15, -0.1) is 0 Å². The van der Waals surface area contributed by atoms with Crippen molar-refractivity contribution in [3.63, 3.8) is 0 Å². The monoisotopic (exact) mass is 370 g/mol. The van der Waals surface area contributed by atoms with Crippen LogP contribution in [0.4, 0.5) is 11.4 Å². The van der Waals surface area contributed by atoms with Gasteiger partial charge in [-0.2, -0.15) is 5.10 Å². The van der Waals surface area contributed by atoms with Gasteiger partial charge in [-0.25, -0.2) is 5.43 Å². The van der Waals surface area contributed by atoms with Crippen LogP contribution in [0.25, 0.3) is 0 Å². The summed E-state index contributed by atoms with van der Waals surface area (Å²) >= 11 is 0. The Bertz CT molecular complexity index is 865. The third-order valence-corrected chi connectivity index (χ3v) is 3.65. The van der Waals surface area contributed by atoms with E-state index >= 15 is 0 Å². The molecule has 4 N–H and O–H groups in total. The molecule has 0 aliphatic rings. The third-order valence-electron chi connectivity index (χ3n) is 3.65. The Hall–Kier alpha value is -3.55. The first-order valence-electron chi connectivity index (χ1n) is 8.14. The van der Waals surface area contributed by atoms with Crippen LogP contribution in [0.2, 0.25) is 0 Å². The molecule has 2 aromatic rings. The van der Waals surface area contributed by atoms with Crippen LogP contribution < -0.4 is 25.9 Å². The minimum atomic E-state index is -0.440. The Labute approximate surface area is 157 Å². The average Bonchev–Trinajstić information content (AvgIpc) is 2.66. The second kappa shape index (κ2) is 9.23. The first-order chi connectivity index (χ1) is 12.9. The van der Waals surface area contributed by atoms with Crippen molar-refractivity contribution >= 4 is 28.9 Å². The molecule has 0 unspecified atom stereocenters. The molecular weight excluding hydrogens is 348 g/mol. The predicted octanol–water partition coefficient (Wildman–Crippen LogP) is 2.42. The van der Waals surface area contributed by atoms with Crippen LogP contribution in [0.3, 0.4) is 0 Å². The number of benzene rings is 2. The Morgan fingerprint density at radius 3 is 2.52 bits per heavy atom. The molecule has 0 saturated heterocycles. The van der Waals surface area contributed by atoms with Crippen LogP contribution in [-0.4, -0.2) is 31.7 Å². The Balaban J connectivity index is 1.96. The summed E-state index contributed by atoms with van der Waals surface area (Å²) in [5.74, 6) is 0.355. The summed E-state index contributed by atoms with van der Waals surface area (Å²) in [5.41, 5.74) is 9.76. The molecule has 0 atom stereocenters. The molecule has 27 heavy (non-hydrogen) atoms. The largest absolute Gasteiger partial charge is 0.497 e. The molecule has 2 amide bonds. The van der Waals surface area contributed by atoms with E-state index in [0.29, 0.717) is 34.1 Å². The van der Waals surface area contributed by atoms with Gasteiger partial charge in [0.1, 0.15) is 11.5 Å². The second-order valence-corrected chi connectivity index (χ2v) is 5.67. The SMILES string of the molecule is COc1ccc(NC(=O)C/C(C)=N/NC(=O)c2ccccc2N)c(OC)c1. The molecule has 2 aromatic carbocycles. The molecule has 0 fully saturated rings. The highest BCUT2D eigenvalue weighted by atomic mass is 16.5. The maximum atomic E-state index is 12.2. The second-order valence-electron chi connectivity index (χ2n) is 5.67. The van der Waals surface area contributed by atoms with Crippen molar-refractivity contribution in [1.29, 1.82) is 0 Å². The molecule has 0 spiro atoms. The minimum absolute atomic E-state index is 0.000263. The van der Waals surface area contributed by atoms with Crippen LogP contribution in [-0.2, 0) is 4.79 Å². The molecule has 8 nitrogen and oxygen atoms in total. The highest BCUT2D eigenvalue weighted by molar-refractivity contribution is 6.07. The normalized spacial score (nSPS) is 10.9. The van der Waals surface area contributed by atoms with E-state index in [0.717, 1.165) is 0 Å². The lowest BCUT2D eigenvalue weighted by molar-refractivity contribution is -0.115. The van der Waals surface area contributed by atoms with Crippen molar-refractivity contribution < 1.29 is 19.1 Å². The Kier molecular flexibility index (Phi) is 6.76. The molecule has 0 heterocycles. The maximum absolute atomic E-state index is 12.2. The molecule has 142 valence electrons. The van der Waals surface area contributed by atoms with E-state index in [1.165, 1.54) is 7.11 Å². The van der Waals surface area contributed by atoms with Crippen LogP contribution in [0.5, 0.6) is 11.5 Å². The van der Waals surface area contributed by atoms with E-state index in [1.54, 1.807) is 56.5 Å². The number of carbonyl (C=O) groups excluding carboxylic acids is 2. The van der Waals surface area contributed by atoms with Gasteiger partial charge in [-0.3, -0.25) is 9.59 Å². The van der Waals surface area contributed by atoms with Crippen molar-refractivity contribution in [1.82, 2.24) is 5.43 Å². The molecular formula is C19H22N4O4. The van der Waals surface area contributed by atoms with E-state index in [1.807, 2.05) is 0 Å². The molecule has 0 aliphatic heterocycles. The summed E-state index contributed by atoms with van der Waals surface area (Å²) < 4.78 is 10.4. The third kappa shape index (κ3) is 5.46.